The van der Waals surface area contributed by atoms with Gasteiger partial charge >= 0.3 is 0 Å². The summed E-state index contributed by atoms with van der Waals surface area (Å²) in [6.07, 6.45) is 0.740. The largest absolute Gasteiger partial charge is 0.451 e. The molecule has 0 fully saturated rings. The van der Waals surface area contributed by atoms with Crippen LogP contribution in [0.25, 0.3) is 11.0 Å². The molecule has 0 saturated carbocycles. The normalized spacial score (nSPS) is 11.1. The van der Waals surface area contributed by atoms with Gasteiger partial charge in [-0.3, -0.25) is 4.79 Å². The van der Waals surface area contributed by atoms with Gasteiger partial charge in [-0.25, -0.2) is 4.98 Å². The minimum Gasteiger partial charge on any atom is -0.451 e. The van der Waals surface area contributed by atoms with Crippen LogP contribution in [-0.2, 0) is 6.42 Å². The molecule has 23 heavy (non-hydrogen) atoms. The van der Waals surface area contributed by atoms with Crippen molar-refractivity contribution >= 4 is 28.2 Å². The molecule has 2 aromatic heterocycles. The van der Waals surface area contributed by atoms with Crippen LogP contribution in [0, 0.1) is 27.7 Å². The highest BCUT2D eigenvalue weighted by atomic mass is 32.1. The number of amides is 1. The lowest BCUT2D eigenvalue weighted by Crippen LogP contribution is -2.25. The van der Waals surface area contributed by atoms with Crippen LogP contribution in [0.1, 0.15) is 37.3 Å². The Balaban J connectivity index is 1.69. The summed E-state index contributed by atoms with van der Waals surface area (Å²) in [5.74, 6) is 0.235. The molecule has 5 heteroatoms. The second-order valence-corrected chi connectivity index (χ2v) is 7.10. The number of rotatable bonds is 4. The van der Waals surface area contributed by atoms with E-state index in [0.29, 0.717) is 12.3 Å². The van der Waals surface area contributed by atoms with Crippen LogP contribution in [0.4, 0.5) is 0 Å². The molecule has 0 unspecified atom stereocenters. The van der Waals surface area contributed by atoms with Crippen LogP contribution >= 0.6 is 11.3 Å². The fourth-order valence-electron chi connectivity index (χ4n) is 2.56. The van der Waals surface area contributed by atoms with Gasteiger partial charge in [0.25, 0.3) is 5.91 Å². The second kappa shape index (κ2) is 6.16. The van der Waals surface area contributed by atoms with E-state index < -0.39 is 0 Å². The Bertz CT molecular complexity index is 857. The fourth-order valence-corrected chi connectivity index (χ4v) is 3.49. The number of aromatic nitrogens is 1. The summed E-state index contributed by atoms with van der Waals surface area (Å²) in [7, 11) is 0. The van der Waals surface area contributed by atoms with Crippen molar-refractivity contribution in [1.29, 1.82) is 0 Å². The van der Waals surface area contributed by atoms with Gasteiger partial charge in [0.2, 0.25) is 0 Å². The first-order chi connectivity index (χ1) is 11.0. The van der Waals surface area contributed by atoms with Gasteiger partial charge in [-0.15, -0.1) is 11.3 Å². The van der Waals surface area contributed by atoms with Gasteiger partial charge in [0.15, 0.2) is 5.76 Å². The van der Waals surface area contributed by atoms with Gasteiger partial charge in [0.05, 0.1) is 10.7 Å². The van der Waals surface area contributed by atoms with E-state index in [4.69, 9.17) is 4.42 Å². The number of nitrogens with one attached hydrogen (secondary N) is 1. The molecule has 3 aromatic rings. The summed E-state index contributed by atoms with van der Waals surface area (Å²) in [6.45, 7) is 8.58. The number of nitrogens with zero attached hydrogens (tertiary/aromatic N) is 1. The van der Waals surface area contributed by atoms with E-state index in [0.717, 1.165) is 39.2 Å². The zero-order chi connectivity index (χ0) is 16.6. The molecule has 1 aromatic carbocycles. The molecule has 0 aliphatic rings. The summed E-state index contributed by atoms with van der Waals surface area (Å²) in [5, 5.41) is 4.98. The molecule has 0 aliphatic carbocycles. The van der Waals surface area contributed by atoms with Gasteiger partial charge in [0.1, 0.15) is 5.58 Å². The zero-order valence-electron chi connectivity index (χ0n) is 13.8. The first-order valence-electron chi connectivity index (χ1n) is 7.66. The Kier molecular flexibility index (Phi) is 4.22. The highest BCUT2D eigenvalue weighted by Gasteiger charge is 2.17. The van der Waals surface area contributed by atoms with Gasteiger partial charge in [0, 0.05) is 28.8 Å². The number of hydrogen-bond acceptors (Lipinski definition) is 4. The Morgan fingerprint density at radius 3 is 2.74 bits per heavy atom. The van der Waals surface area contributed by atoms with Gasteiger partial charge < -0.3 is 9.73 Å². The number of aryl methyl sites for hydroxylation is 4. The van der Waals surface area contributed by atoms with Crippen LogP contribution in [-0.4, -0.2) is 17.4 Å². The average Bonchev–Trinajstić information content (AvgIpc) is 3.00. The van der Waals surface area contributed by atoms with Crippen molar-refractivity contribution in [2.24, 2.45) is 0 Å². The minimum atomic E-state index is -0.165. The summed E-state index contributed by atoms with van der Waals surface area (Å²) >= 11 is 1.68. The zero-order valence-corrected chi connectivity index (χ0v) is 14.6. The van der Waals surface area contributed by atoms with Crippen molar-refractivity contribution in [2.75, 3.05) is 6.54 Å². The lowest BCUT2D eigenvalue weighted by Gasteiger charge is -2.02. The number of hydrogen-bond donors (Lipinski definition) is 1. The fraction of sp³-hybridized carbons (Fsp3) is 0.333. The molecular weight excluding hydrogens is 308 g/mol. The summed E-state index contributed by atoms with van der Waals surface area (Å²) < 4.78 is 5.72. The maximum Gasteiger partial charge on any atom is 0.287 e. The third-order valence-corrected chi connectivity index (χ3v) is 5.13. The number of carbonyl (C=O) groups is 1. The molecule has 0 bridgehead atoms. The third kappa shape index (κ3) is 3.15. The smallest absolute Gasteiger partial charge is 0.287 e. The molecule has 0 saturated heterocycles. The summed E-state index contributed by atoms with van der Waals surface area (Å²) in [4.78, 5) is 18.1. The van der Waals surface area contributed by atoms with Crippen LogP contribution in [0.2, 0.25) is 0 Å². The average molecular weight is 328 g/mol. The highest BCUT2D eigenvalue weighted by molar-refractivity contribution is 7.11. The molecule has 4 nitrogen and oxygen atoms in total. The molecule has 0 atom stereocenters. The van der Waals surface area contributed by atoms with Crippen molar-refractivity contribution in [3.05, 3.63) is 50.7 Å². The van der Waals surface area contributed by atoms with E-state index in [-0.39, 0.29) is 5.91 Å². The number of thiazole rings is 1. The van der Waals surface area contributed by atoms with E-state index in [9.17, 15) is 4.79 Å². The quantitative estimate of drug-likeness (QED) is 0.784. The van der Waals surface area contributed by atoms with E-state index in [2.05, 4.69) is 17.2 Å². The number of carbonyl (C=O) groups excluding carboxylic acids is 1. The van der Waals surface area contributed by atoms with E-state index in [1.165, 1.54) is 4.88 Å². The Morgan fingerprint density at radius 2 is 2.04 bits per heavy atom. The Morgan fingerprint density at radius 1 is 1.26 bits per heavy atom. The van der Waals surface area contributed by atoms with Crippen LogP contribution in [0.15, 0.2) is 22.6 Å². The third-order valence-electron chi connectivity index (χ3n) is 4.00. The number of furan rings is 1. The number of benzene rings is 1. The lowest BCUT2D eigenvalue weighted by molar-refractivity contribution is 0.0928. The van der Waals surface area contributed by atoms with Crippen molar-refractivity contribution in [3.8, 4) is 0 Å². The topological polar surface area (TPSA) is 55.1 Å². The second-order valence-electron chi connectivity index (χ2n) is 5.81. The number of fused-ring (bicyclic) bond motifs is 1. The van der Waals surface area contributed by atoms with Crippen molar-refractivity contribution < 1.29 is 9.21 Å². The summed E-state index contributed by atoms with van der Waals surface area (Å²) in [6, 6.07) is 5.95. The highest BCUT2D eigenvalue weighted by Crippen LogP contribution is 2.26. The molecule has 0 spiro atoms. The van der Waals surface area contributed by atoms with E-state index in [1.54, 1.807) is 11.3 Å². The molecule has 0 aliphatic heterocycles. The SMILES string of the molecule is Cc1ccc2oc(C(=O)NCCc3nc(C)c(C)s3)c(C)c2c1. The molecule has 1 N–H and O–H groups in total. The Hall–Kier alpha value is -2.14. The first-order valence-corrected chi connectivity index (χ1v) is 8.48. The molecule has 120 valence electrons. The van der Waals surface area contributed by atoms with E-state index in [1.807, 2.05) is 39.0 Å². The summed E-state index contributed by atoms with van der Waals surface area (Å²) in [5.41, 5.74) is 3.87. The van der Waals surface area contributed by atoms with Crippen molar-refractivity contribution in [1.82, 2.24) is 10.3 Å². The van der Waals surface area contributed by atoms with Gasteiger partial charge in [-0.2, -0.15) is 0 Å². The van der Waals surface area contributed by atoms with Crippen molar-refractivity contribution in [3.63, 3.8) is 0 Å². The molecular formula is C18H20N2O2S. The predicted molar refractivity (Wildman–Crippen MR) is 93.3 cm³/mol. The maximum absolute atomic E-state index is 12.4. The van der Waals surface area contributed by atoms with Gasteiger partial charge in [-0.1, -0.05) is 11.6 Å². The monoisotopic (exact) mass is 328 g/mol. The standard InChI is InChI=1S/C18H20N2O2S/c1-10-5-6-15-14(9-10)11(2)17(22-15)18(21)19-8-7-16-20-12(3)13(4)23-16/h5-6,9H,7-8H2,1-4H3,(H,19,21). The molecule has 0 radical (unpaired) electrons. The van der Waals surface area contributed by atoms with E-state index >= 15 is 0 Å². The predicted octanol–water partition coefficient (Wildman–Crippen LogP) is 4.10. The van der Waals surface area contributed by atoms with Crippen LogP contribution < -0.4 is 5.32 Å². The lowest BCUT2D eigenvalue weighted by atomic mass is 10.1. The maximum atomic E-state index is 12.4. The molecule has 1 amide bonds. The minimum absolute atomic E-state index is 0.165. The molecule has 2 heterocycles. The van der Waals surface area contributed by atoms with Crippen LogP contribution in [0.5, 0.6) is 0 Å². The first kappa shape index (κ1) is 15.7. The van der Waals surface area contributed by atoms with Gasteiger partial charge in [-0.05, 0) is 39.8 Å². The Labute approximate surface area is 139 Å². The van der Waals surface area contributed by atoms with Crippen LogP contribution in [0.3, 0.4) is 0 Å². The molecule has 3 rings (SSSR count). The van der Waals surface area contributed by atoms with Crippen molar-refractivity contribution in [2.45, 2.75) is 34.1 Å².